The third-order valence-corrected chi connectivity index (χ3v) is 2.38. The first-order valence-corrected chi connectivity index (χ1v) is 5.50. The molecule has 0 saturated heterocycles. The Labute approximate surface area is 105 Å². The Kier molecular flexibility index (Phi) is 3.62. The molecule has 0 atom stereocenters. The number of nitrogens with one attached hydrogen (secondary N) is 1. The predicted molar refractivity (Wildman–Crippen MR) is 72.7 cm³/mol. The van der Waals surface area contributed by atoms with Crippen molar-refractivity contribution in [3.05, 3.63) is 48.5 Å². The van der Waals surface area contributed by atoms with Crippen molar-refractivity contribution >= 4 is 29.7 Å². The number of hydrogen-bond donors (Lipinski definition) is 3. The molecule has 0 amide bonds. The van der Waals surface area contributed by atoms with E-state index in [0.717, 1.165) is 16.3 Å². The molecule has 0 unspecified atom stereocenters. The van der Waals surface area contributed by atoms with Crippen molar-refractivity contribution in [2.45, 2.75) is 4.90 Å². The van der Waals surface area contributed by atoms with Gasteiger partial charge in [-0.1, -0.05) is 11.3 Å². The third-order valence-electron chi connectivity index (χ3n) is 2.08. The summed E-state index contributed by atoms with van der Waals surface area (Å²) in [5, 5.41) is 7.89. The lowest BCUT2D eigenvalue weighted by Gasteiger charge is -1.99. The fourth-order valence-electron chi connectivity index (χ4n) is 1.27. The molecule has 0 spiro atoms. The Balaban J connectivity index is 2.00. The van der Waals surface area contributed by atoms with Crippen LogP contribution >= 0.6 is 12.6 Å². The molecule has 0 saturated carbocycles. The van der Waals surface area contributed by atoms with Gasteiger partial charge in [-0.05, 0) is 42.5 Å². The molecule has 0 fully saturated rings. The van der Waals surface area contributed by atoms with Crippen LogP contribution in [-0.4, -0.2) is 0 Å². The molecule has 2 rings (SSSR count). The molecule has 0 aliphatic heterocycles. The number of hydrogen-bond acceptors (Lipinski definition) is 4. The zero-order valence-corrected chi connectivity index (χ0v) is 9.93. The molecule has 0 aliphatic rings. The maximum atomic E-state index is 5.64. The highest BCUT2D eigenvalue weighted by molar-refractivity contribution is 7.80. The van der Waals surface area contributed by atoms with Gasteiger partial charge in [0.2, 0.25) is 0 Å². The summed E-state index contributed by atoms with van der Waals surface area (Å²) in [5.41, 5.74) is 10.7. The lowest BCUT2D eigenvalue weighted by molar-refractivity contribution is 1.13. The highest BCUT2D eigenvalue weighted by atomic mass is 32.1. The molecule has 0 heterocycles. The zero-order valence-electron chi connectivity index (χ0n) is 9.04. The smallest absolute Gasteiger partial charge is 0.0875 e. The van der Waals surface area contributed by atoms with Crippen LogP contribution in [0.15, 0.2) is 63.8 Å². The molecule has 4 nitrogen and oxygen atoms in total. The van der Waals surface area contributed by atoms with Gasteiger partial charge in [-0.2, -0.15) is 0 Å². The molecule has 86 valence electrons. The number of thiol groups is 1. The Morgan fingerprint density at radius 2 is 1.82 bits per heavy atom. The molecule has 5 heteroatoms. The van der Waals surface area contributed by atoms with E-state index in [1.165, 1.54) is 0 Å². The standard InChI is InChI=1S/C12H12N4S/c13-9-2-1-3-11(8-9)15-16-14-10-4-6-12(17)7-5-10/h1-8,17H,13H2,(H,14,15). The Bertz CT molecular complexity index is 522. The van der Waals surface area contributed by atoms with Crippen molar-refractivity contribution < 1.29 is 0 Å². The summed E-state index contributed by atoms with van der Waals surface area (Å²) in [5.74, 6) is 0. The molecular weight excluding hydrogens is 232 g/mol. The van der Waals surface area contributed by atoms with Gasteiger partial charge >= 0.3 is 0 Å². The summed E-state index contributed by atoms with van der Waals surface area (Å²) >= 11 is 4.19. The fourth-order valence-corrected chi connectivity index (χ4v) is 1.42. The van der Waals surface area contributed by atoms with Gasteiger partial charge in [0.1, 0.15) is 0 Å². The van der Waals surface area contributed by atoms with Crippen molar-refractivity contribution in [1.82, 2.24) is 0 Å². The van der Waals surface area contributed by atoms with Crippen LogP contribution in [0.3, 0.4) is 0 Å². The van der Waals surface area contributed by atoms with Gasteiger partial charge in [0, 0.05) is 10.6 Å². The summed E-state index contributed by atoms with van der Waals surface area (Å²) in [7, 11) is 0. The average molecular weight is 244 g/mol. The van der Waals surface area contributed by atoms with Crippen LogP contribution in [0.2, 0.25) is 0 Å². The van der Waals surface area contributed by atoms with Gasteiger partial charge in [0.05, 0.1) is 11.4 Å². The summed E-state index contributed by atoms with van der Waals surface area (Å²) < 4.78 is 0. The largest absolute Gasteiger partial charge is 0.399 e. The van der Waals surface area contributed by atoms with E-state index in [0.29, 0.717) is 5.69 Å². The molecule has 0 bridgehead atoms. The van der Waals surface area contributed by atoms with Crippen LogP contribution in [0, 0.1) is 0 Å². The van der Waals surface area contributed by atoms with Crippen molar-refractivity contribution in [3.8, 4) is 0 Å². The van der Waals surface area contributed by atoms with Crippen LogP contribution in [0.5, 0.6) is 0 Å². The summed E-state index contributed by atoms with van der Waals surface area (Å²) in [4.78, 5) is 0.896. The van der Waals surface area contributed by atoms with Crippen molar-refractivity contribution in [2.75, 3.05) is 11.2 Å². The highest BCUT2D eigenvalue weighted by Crippen LogP contribution is 2.16. The van der Waals surface area contributed by atoms with E-state index in [9.17, 15) is 0 Å². The summed E-state index contributed by atoms with van der Waals surface area (Å²) in [6.07, 6.45) is 0. The second-order valence-electron chi connectivity index (χ2n) is 3.45. The first-order valence-electron chi connectivity index (χ1n) is 5.05. The molecule has 0 aliphatic carbocycles. The van der Waals surface area contributed by atoms with E-state index in [1.807, 2.05) is 42.5 Å². The van der Waals surface area contributed by atoms with E-state index >= 15 is 0 Å². The maximum absolute atomic E-state index is 5.64. The number of benzene rings is 2. The highest BCUT2D eigenvalue weighted by Gasteiger charge is 1.91. The van der Waals surface area contributed by atoms with E-state index in [2.05, 4.69) is 28.4 Å². The van der Waals surface area contributed by atoms with E-state index in [-0.39, 0.29) is 0 Å². The van der Waals surface area contributed by atoms with Gasteiger partial charge in [0.25, 0.3) is 0 Å². The lowest BCUT2D eigenvalue weighted by Crippen LogP contribution is -1.89. The molecule has 2 aromatic carbocycles. The second kappa shape index (κ2) is 5.36. The molecule has 0 radical (unpaired) electrons. The van der Waals surface area contributed by atoms with Crippen LogP contribution in [-0.2, 0) is 0 Å². The van der Waals surface area contributed by atoms with Crippen molar-refractivity contribution in [1.29, 1.82) is 0 Å². The van der Waals surface area contributed by atoms with Gasteiger partial charge in [-0.3, -0.25) is 5.43 Å². The third kappa shape index (κ3) is 3.49. The van der Waals surface area contributed by atoms with Crippen LogP contribution in [0.4, 0.5) is 17.1 Å². The fraction of sp³-hybridized carbons (Fsp3) is 0. The number of nitrogen functional groups attached to an aromatic ring is 1. The predicted octanol–water partition coefficient (Wildman–Crippen LogP) is 3.67. The maximum Gasteiger partial charge on any atom is 0.0875 e. The number of nitrogens with zero attached hydrogens (tertiary/aromatic N) is 2. The minimum atomic E-state index is 0.685. The van der Waals surface area contributed by atoms with Gasteiger partial charge in [0.15, 0.2) is 0 Å². The minimum absolute atomic E-state index is 0.685. The number of rotatable bonds is 3. The van der Waals surface area contributed by atoms with Crippen molar-refractivity contribution in [3.63, 3.8) is 0 Å². The topological polar surface area (TPSA) is 62.8 Å². The van der Waals surface area contributed by atoms with E-state index in [1.54, 1.807) is 6.07 Å². The first kappa shape index (κ1) is 11.5. The summed E-state index contributed by atoms with van der Waals surface area (Å²) in [6, 6.07) is 14.7. The SMILES string of the molecule is Nc1cccc(NN=Nc2ccc(S)cc2)c1. The van der Waals surface area contributed by atoms with Crippen molar-refractivity contribution in [2.24, 2.45) is 10.3 Å². The quantitative estimate of drug-likeness (QED) is 0.334. The van der Waals surface area contributed by atoms with Gasteiger partial charge < -0.3 is 5.73 Å². The molecule has 17 heavy (non-hydrogen) atoms. The van der Waals surface area contributed by atoms with Gasteiger partial charge in [-0.15, -0.1) is 17.7 Å². The molecule has 2 aromatic rings. The molecule has 3 N–H and O–H groups in total. The molecule has 0 aromatic heterocycles. The minimum Gasteiger partial charge on any atom is -0.399 e. The first-order chi connectivity index (χ1) is 8.24. The second-order valence-corrected chi connectivity index (χ2v) is 3.97. The molecular formula is C12H12N4S. The van der Waals surface area contributed by atoms with E-state index < -0.39 is 0 Å². The van der Waals surface area contributed by atoms with Crippen LogP contribution in [0.1, 0.15) is 0 Å². The van der Waals surface area contributed by atoms with E-state index in [4.69, 9.17) is 5.73 Å². The normalized spacial score (nSPS) is 10.6. The lowest BCUT2D eigenvalue weighted by atomic mass is 10.3. The van der Waals surface area contributed by atoms with Crippen LogP contribution < -0.4 is 11.2 Å². The Hall–Kier alpha value is -2.01. The summed E-state index contributed by atoms with van der Waals surface area (Å²) in [6.45, 7) is 0. The zero-order chi connectivity index (χ0) is 12.1. The Morgan fingerprint density at radius 3 is 2.53 bits per heavy atom. The average Bonchev–Trinajstić information content (AvgIpc) is 2.32. The van der Waals surface area contributed by atoms with Gasteiger partial charge in [-0.25, -0.2) is 0 Å². The number of anilines is 2. The van der Waals surface area contributed by atoms with Crippen LogP contribution in [0.25, 0.3) is 0 Å². The Morgan fingerprint density at radius 1 is 1.06 bits per heavy atom. The number of nitrogens with two attached hydrogens (primary N) is 1. The monoisotopic (exact) mass is 244 g/mol.